The van der Waals surface area contributed by atoms with Gasteiger partial charge in [-0.05, 0) is 12.8 Å². The molecule has 1 atom stereocenters. The highest BCUT2D eigenvalue weighted by molar-refractivity contribution is 9.09. The summed E-state index contributed by atoms with van der Waals surface area (Å²) in [6, 6.07) is 0. The van der Waals surface area contributed by atoms with Gasteiger partial charge in [-0.2, -0.15) is 0 Å². The summed E-state index contributed by atoms with van der Waals surface area (Å²) in [5, 5.41) is 0.960. The second-order valence-corrected chi connectivity index (χ2v) is 7.41. The zero-order valence-electron chi connectivity index (χ0n) is 15.4. The van der Waals surface area contributed by atoms with Crippen molar-refractivity contribution in [1.82, 2.24) is 0 Å². The summed E-state index contributed by atoms with van der Waals surface area (Å²) in [7, 11) is 0. The summed E-state index contributed by atoms with van der Waals surface area (Å²) < 4.78 is 5.80. The quantitative estimate of drug-likeness (QED) is 0.176. The van der Waals surface area contributed by atoms with Gasteiger partial charge in [0.25, 0.3) is 0 Å². The minimum Gasteiger partial charge on any atom is -0.377 e. The SMILES string of the molecule is CCCCCCCCCCCCCCCC(CC)OCCBr. The van der Waals surface area contributed by atoms with Crippen LogP contribution in [0.3, 0.4) is 0 Å². The second kappa shape index (κ2) is 19.5. The lowest BCUT2D eigenvalue weighted by Crippen LogP contribution is -2.13. The number of halogens is 1. The lowest BCUT2D eigenvalue weighted by molar-refractivity contribution is 0.0546. The van der Waals surface area contributed by atoms with Crippen LogP contribution < -0.4 is 0 Å². The van der Waals surface area contributed by atoms with Gasteiger partial charge in [0.05, 0.1) is 12.7 Å². The van der Waals surface area contributed by atoms with Crippen LogP contribution in [-0.2, 0) is 4.74 Å². The topological polar surface area (TPSA) is 9.23 Å². The van der Waals surface area contributed by atoms with Crippen molar-refractivity contribution in [2.75, 3.05) is 11.9 Å². The summed E-state index contributed by atoms with van der Waals surface area (Å²) in [6.07, 6.45) is 21.5. The first-order valence-corrected chi connectivity index (χ1v) is 11.1. The molecule has 0 fully saturated rings. The van der Waals surface area contributed by atoms with E-state index in [1.807, 2.05) is 0 Å². The highest BCUT2D eigenvalue weighted by atomic mass is 79.9. The van der Waals surface area contributed by atoms with Gasteiger partial charge in [0, 0.05) is 5.33 Å². The molecule has 0 radical (unpaired) electrons. The van der Waals surface area contributed by atoms with Crippen LogP contribution in [0.2, 0.25) is 0 Å². The number of rotatable bonds is 18. The van der Waals surface area contributed by atoms with Crippen LogP contribution >= 0.6 is 15.9 Å². The molecule has 1 unspecified atom stereocenters. The van der Waals surface area contributed by atoms with E-state index >= 15 is 0 Å². The Hall–Kier alpha value is 0.440. The van der Waals surface area contributed by atoms with E-state index < -0.39 is 0 Å². The normalized spacial score (nSPS) is 12.7. The molecule has 0 aliphatic rings. The fourth-order valence-corrected chi connectivity index (χ4v) is 3.19. The molecule has 0 saturated carbocycles. The number of hydrogen-bond acceptors (Lipinski definition) is 1. The maximum absolute atomic E-state index is 5.80. The lowest BCUT2D eigenvalue weighted by atomic mass is 10.0. The summed E-state index contributed by atoms with van der Waals surface area (Å²) in [6.45, 7) is 5.39. The maximum atomic E-state index is 5.80. The van der Waals surface area contributed by atoms with E-state index in [1.165, 1.54) is 89.9 Å². The molecule has 0 aliphatic carbocycles. The molecule has 0 N–H and O–H groups in total. The van der Waals surface area contributed by atoms with Crippen molar-refractivity contribution < 1.29 is 4.74 Å². The molecule has 2 heteroatoms. The average molecular weight is 377 g/mol. The fourth-order valence-electron chi connectivity index (χ4n) is 3.01. The van der Waals surface area contributed by atoms with Gasteiger partial charge in [-0.25, -0.2) is 0 Å². The smallest absolute Gasteiger partial charge is 0.0572 e. The first-order valence-electron chi connectivity index (χ1n) is 10.0. The third-order valence-corrected chi connectivity index (χ3v) is 4.84. The van der Waals surface area contributed by atoms with Crippen molar-refractivity contribution in [3.05, 3.63) is 0 Å². The highest BCUT2D eigenvalue weighted by Gasteiger charge is 2.05. The number of unbranched alkanes of at least 4 members (excludes halogenated alkanes) is 12. The predicted molar refractivity (Wildman–Crippen MR) is 104 cm³/mol. The Morgan fingerprint density at radius 3 is 1.55 bits per heavy atom. The molecule has 0 aromatic heterocycles. The van der Waals surface area contributed by atoms with E-state index in [4.69, 9.17) is 4.74 Å². The van der Waals surface area contributed by atoms with Crippen molar-refractivity contribution in [3.8, 4) is 0 Å². The van der Waals surface area contributed by atoms with Crippen LogP contribution in [0.5, 0.6) is 0 Å². The average Bonchev–Trinajstić information content (AvgIpc) is 2.54. The standard InChI is InChI=1S/C20H41BrO/c1-3-5-6-7-8-9-10-11-12-13-14-15-16-17-20(4-2)22-19-18-21/h20H,3-19H2,1-2H3. The molecule has 0 amide bonds. The van der Waals surface area contributed by atoms with E-state index in [0.29, 0.717) is 6.10 Å². The van der Waals surface area contributed by atoms with Crippen LogP contribution in [-0.4, -0.2) is 18.0 Å². The Balaban J connectivity index is 3.13. The van der Waals surface area contributed by atoms with Crippen molar-refractivity contribution in [1.29, 1.82) is 0 Å². The molecule has 0 bridgehead atoms. The monoisotopic (exact) mass is 376 g/mol. The lowest BCUT2D eigenvalue weighted by Gasteiger charge is -2.15. The first kappa shape index (κ1) is 22.4. The zero-order valence-corrected chi connectivity index (χ0v) is 17.0. The van der Waals surface area contributed by atoms with E-state index in [0.717, 1.165) is 18.4 Å². The number of ether oxygens (including phenoxy) is 1. The first-order chi connectivity index (χ1) is 10.8. The van der Waals surface area contributed by atoms with Crippen molar-refractivity contribution in [2.45, 2.75) is 116 Å². The summed E-state index contributed by atoms with van der Waals surface area (Å²) in [5.74, 6) is 0. The minimum atomic E-state index is 0.491. The van der Waals surface area contributed by atoms with Crippen LogP contribution in [0.1, 0.15) is 110 Å². The van der Waals surface area contributed by atoms with Crippen molar-refractivity contribution in [3.63, 3.8) is 0 Å². The fraction of sp³-hybridized carbons (Fsp3) is 1.00. The molecule has 134 valence electrons. The Labute approximate surface area is 149 Å². The van der Waals surface area contributed by atoms with Crippen molar-refractivity contribution in [2.24, 2.45) is 0 Å². The van der Waals surface area contributed by atoms with Crippen molar-refractivity contribution >= 4 is 15.9 Å². The minimum absolute atomic E-state index is 0.491. The summed E-state index contributed by atoms with van der Waals surface area (Å²) in [5.41, 5.74) is 0. The molecule has 0 rings (SSSR count). The Bertz CT molecular complexity index is 196. The van der Waals surface area contributed by atoms with Gasteiger partial charge < -0.3 is 4.74 Å². The van der Waals surface area contributed by atoms with Gasteiger partial charge >= 0.3 is 0 Å². The number of hydrogen-bond donors (Lipinski definition) is 0. The van der Waals surface area contributed by atoms with Gasteiger partial charge in [-0.15, -0.1) is 0 Å². The van der Waals surface area contributed by atoms with Gasteiger partial charge in [0.15, 0.2) is 0 Å². The van der Waals surface area contributed by atoms with E-state index in [9.17, 15) is 0 Å². The molecule has 0 aromatic carbocycles. The Kier molecular flexibility index (Phi) is 19.9. The molecule has 22 heavy (non-hydrogen) atoms. The third-order valence-electron chi connectivity index (χ3n) is 4.52. The van der Waals surface area contributed by atoms with Crippen LogP contribution in [0, 0.1) is 0 Å². The van der Waals surface area contributed by atoms with Gasteiger partial charge in [-0.1, -0.05) is 113 Å². The number of alkyl halides is 1. The molecule has 0 spiro atoms. The zero-order chi connectivity index (χ0) is 16.3. The molecule has 0 heterocycles. The Morgan fingerprint density at radius 1 is 0.682 bits per heavy atom. The van der Waals surface area contributed by atoms with Crippen LogP contribution in [0.15, 0.2) is 0 Å². The molecule has 0 aliphatic heterocycles. The Morgan fingerprint density at radius 2 is 1.14 bits per heavy atom. The maximum Gasteiger partial charge on any atom is 0.0572 e. The van der Waals surface area contributed by atoms with E-state index in [-0.39, 0.29) is 0 Å². The van der Waals surface area contributed by atoms with Gasteiger partial charge in [0.2, 0.25) is 0 Å². The van der Waals surface area contributed by atoms with Gasteiger partial charge in [0.1, 0.15) is 0 Å². The summed E-state index contributed by atoms with van der Waals surface area (Å²) in [4.78, 5) is 0. The highest BCUT2D eigenvalue weighted by Crippen LogP contribution is 2.14. The molecular formula is C20H41BrO. The summed E-state index contributed by atoms with van der Waals surface area (Å²) >= 11 is 3.43. The molecule has 0 saturated heterocycles. The molecular weight excluding hydrogens is 336 g/mol. The van der Waals surface area contributed by atoms with E-state index in [2.05, 4.69) is 29.8 Å². The largest absolute Gasteiger partial charge is 0.377 e. The molecule has 0 aromatic rings. The van der Waals surface area contributed by atoms with Gasteiger partial charge in [-0.3, -0.25) is 0 Å². The van der Waals surface area contributed by atoms with Crippen LogP contribution in [0.25, 0.3) is 0 Å². The van der Waals surface area contributed by atoms with Crippen LogP contribution in [0.4, 0.5) is 0 Å². The third kappa shape index (κ3) is 16.8. The second-order valence-electron chi connectivity index (χ2n) is 6.62. The van der Waals surface area contributed by atoms with E-state index in [1.54, 1.807) is 0 Å². The molecule has 1 nitrogen and oxygen atoms in total. The predicted octanol–water partition coefficient (Wildman–Crippen LogP) is 7.66.